The quantitative estimate of drug-likeness (QED) is 0.729. The minimum atomic E-state index is -3.90. The van der Waals surface area contributed by atoms with E-state index in [0.29, 0.717) is 5.75 Å². The highest BCUT2D eigenvalue weighted by Gasteiger charge is 2.48. The summed E-state index contributed by atoms with van der Waals surface area (Å²) in [5.41, 5.74) is 1.85. The number of halogens is 1. The van der Waals surface area contributed by atoms with Gasteiger partial charge < -0.3 is 5.11 Å². The highest BCUT2D eigenvalue weighted by atomic mass is 79.9. The molecule has 2 aromatic rings. The number of sulfonamides is 1. The fraction of sp³-hybridized carbons (Fsp3) is 0.316. The van der Waals surface area contributed by atoms with Crippen LogP contribution in [0.4, 0.5) is 0 Å². The first-order valence-corrected chi connectivity index (χ1v) is 11.6. The topological polar surface area (TPSA) is 74.7 Å². The van der Waals surface area contributed by atoms with E-state index in [4.69, 9.17) is 0 Å². The smallest absolute Gasteiger partial charge is 0.323 e. The van der Waals surface area contributed by atoms with E-state index >= 15 is 0 Å². The lowest BCUT2D eigenvalue weighted by molar-refractivity contribution is -0.142. The van der Waals surface area contributed by atoms with E-state index in [1.807, 2.05) is 24.3 Å². The Balaban J connectivity index is 1.96. The molecule has 1 aliphatic heterocycles. The molecule has 1 saturated heterocycles. The normalized spacial score (nSPS) is 20.3. The van der Waals surface area contributed by atoms with Crippen LogP contribution < -0.4 is 0 Å². The molecule has 27 heavy (non-hydrogen) atoms. The van der Waals surface area contributed by atoms with Crippen LogP contribution in [0, 0.1) is 0 Å². The fourth-order valence-electron chi connectivity index (χ4n) is 3.26. The number of carbonyl (C=O) groups is 1. The van der Waals surface area contributed by atoms with Crippen molar-refractivity contribution < 1.29 is 18.3 Å². The number of rotatable bonds is 4. The third-order valence-corrected chi connectivity index (χ3v) is 8.31. The maximum atomic E-state index is 13.1. The highest BCUT2D eigenvalue weighted by Crippen LogP contribution is 2.38. The van der Waals surface area contributed by atoms with E-state index in [-0.39, 0.29) is 11.4 Å². The summed E-state index contributed by atoms with van der Waals surface area (Å²) in [6.07, 6.45) is 0. The number of benzene rings is 2. The molecule has 2 aromatic carbocycles. The lowest BCUT2D eigenvalue weighted by Crippen LogP contribution is -2.58. The van der Waals surface area contributed by atoms with E-state index in [9.17, 15) is 18.3 Å². The zero-order chi connectivity index (χ0) is 19.8. The molecular weight excluding hydrogens is 450 g/mol. The lowest BCUT2D eigenvalue weighted by atomic mass is 10.0. The van der Waals surface area contributed by atoms with Crippen molar-refractivity contribution in [3.8, 4) is 11.1 Å². The third kappa shape index (κ3) is 4.08. The van der Waals surface area contributed by atoms with Gasteiger partial charge in [-0.2, -0.15) is 16.1 Å². The van der Waals surface area contributed by atoms with Crippen molar-refractivity contribution >= 4 is 43.7 Å². The first kappa shape index (κ1) is 20.4. The van der Waals surface area contributed by atoms with Crippen LogP contribution in [0.1, 0.15) is 13.8 Å². The average Bonchev–Trinajstić information content (AvgIpc) is 2.60. The zero-order valence-electron chi connectivity index (χ0n) is 14.9. The van der Waals surface area contributed by atoms with Gasteiger partial charge in [-0.3, -0.25) is 4.79 Å². The summed E-state index contributed by atoms with van der Waals surface area (Å²) in [5, 5.41) is 9.65. The van der Waals surface area contributed by atoms with Gasteiger partial charge in [0, 0.05) is 21.5 Å². The minimum absolute atomic E-state index is 0.107. The lowest BCUT2D eigenvalue weighted by Gasteiger charge is -2.42. The molecular formula is C19H20BrNO4S2. The van der Waals surface area contributed by atoms with Crippen molar-refractivity contribution in [2.24, 2.45) is 0 Å². The number of hydrogen-bond acceptors (Lipinski definition) is 4. The second-order valence-electron chi connectivity index (χ2n) is 6.84. The third-order valence-electron chi connectivity index (χ3n) is 4.59. The van der Waals surface area contributed by atoms with Gasteiger partial charge in [0.25, 0.3) is 0 Å². The summed E-state index contributed by atoms with van der Waals surface area (Å²) in [6, 6.07) is 13.2. The van der Waals surface area contributed by atoms with Gasteiger partial charge in [0.15, 0.2) is 0 Å². The molecule has 0 amide bonds. The molecule has 1 N–H and O–H groups in total. The van der Waals surface area contributed by atoms with Crippen LogP contribution in [0.2, 0.25) is 0 Å². The molecule has 3 rings (SSSR count). The number of thioether (sulfide) groups is 1. The molecule has 1 aliphatic rings. The molecule has 5 nitrogen and oxygen atoms in total. The van der Waals surface area contributed by atoms with E-state index < -0.39 is 26.8 Å². The van der Waals surface area contributed by atoms with E-state index in [2.05, 4.69) is 15.9 Å². The first-order valence-electron chi connectivity index (χ1n) is 8.37. The standard InChI is InChI=1S/C19H20BrNO4S2/c1-19(2)17(18(22)23)21(10-11-26-19)27(24,25)16-8-6-13(7-9-16)14-4-3-5-15(20)12-14/h3-9,12,17H,10-11H2,1-2H3,(H,22,23). The number of carboxylic acid groups (broad SMARTS) is 1. The number of aliphatic carboxylic acids is 1. The Kier molecular flexibility index (Phi) is 5.72. The van der Waals surface area contributed by atoms with E-state index in [1.54, 1.807) is 38.1 Å². The van der Waals surface area contributed by atoms with Gasteiger partial charge in [-0.05, 0) is 49.2 Å². The van der Waals surface area contributed by atoms with Gasteiger partial charge in [-0.25, -0.2) is 8.42 Å². The van der Waals surface area contributed by atoms with Crippen LogP contribution in [0.15, 0.2) is 57.9 Å². The molecule has 0 radical (unpaired) electrons. The monoisotopic (exact) mass is 469 g/mol. The fourth-order valence-corrected chi connectivity index (χ4v) is 6.75. The molecule has 0 bridgehead atoms. The van der Waals surface area contributed by atoms with E-state index in [0.717, 1.165) is 19.9 Å². The summed E-state index contributed by atoms with van der Waals surface area (Å²) < 4.78 is 27.6. The second-order valence-corrected chi connectivity index (χ2v) is 11.4. The molecule has 0 aromatic heterocycles. The molecule has 144 valence electrons. The summed E-state index contributed by atoms with van der Waals surface area (Å²) in [4.78, 5) is 11.9. The Morgan fingerprint density at radius 3 is 2.44 bits per heavy atom. The van der Waals surface area contributed by atoms with Crippen molar-refractivity contribution in [1.29, 1.82) is 0 Å². The Morgan fingerprint density at radius 1 is 1.19 bits per heavy atom. The van der Waals surface area contributed by atoms with Gasteiger partial charge in [-0.15, -0.1) is 0 Å². The Labute approximate surface area is 172 Å². The summed E-state index contributed by atoms with van der Waals surface area (Å²) in [5.74, 6) is -0.562. The van der Waals surface area contributed by atoms with Gasteiger partial charge >= 0.3 is 5.97 Å². The number of hydrogen-bond donors (Lipinski definition) is 1. The predicted molar refractivity (Wildman–Crippen MR) is 111 cm³/mol. The van der Waals surface area contributed by atoms with Crippen LogP contribution >= 0.6 is 27.7 Å². The molecule has 1 unspecified atom stereocenters. The zero-order valence-corrected chi connectivity index (χ0v) is 18.1. The van der Waals surface area contributed by atoms with Crippen molar-refractivity contribution in [1.82, 2.24) is 4.31 Å². The molecule has 0 saturated carbocycles. The number of carboxylic acids is 1. The van der Waals surface area contributed by atoms with Gasteiger partial charge in [-0.1, -0.05) is 40.2 Å². The van der Waals surface area contributed by atoms with Crippen molar-refractivity contribution in [3.05, 3.63) is 53.0 Å². The largest absolute Gasteiger partial charge is 0.480 e. The van der Waals surface area contributed by atoms with Crippen LogP contribution in [0.3, 0.4) is 0 Å². The van der Waals surface area contributed by atoms with Gasteiger partial charge in [0.1, 0.15) is 6.04 Å². The summed E-state index contributed by atoms with van der Waals surface area (Å²) >= 11 is 4.91. The summed E-state index contributed by atoms with van der Waals surface area (Å²) in [7, 11) is -3.90. The van der Waals surface area contributed by atoms with Crippen LogP contribution in [0.25, 0.3) is 11.1 Å². The van der Waals surface area contributed by atoms with Crippen molar-refractivity contribution in [2.45, 2.75) is 29.5 Å². The first-order chi connectivity index (χ1) is 12.6. The van der Waals surface area contributed by atoms with Crippen LogP contribution in [-0.4, -0.2) is 46.9 Å². The van der Waals surface area contributed by atoms with Crippen molar-refractivity contribution in [2.75, 3.05) is 12.3 Å². The molecule has 1 heterocycles. The Morgan fingerprint density at radius 2 is 1.85 bits per heavy atom. The van der Waals surface area contributed by atoms with E-state index in [1.165, 1.54) is 11.8 Å². The van der Waals surface area contributed by atoms with Crippen LogP contribution in [-0.2, 0) is 14.8 Å². The molecule has 1 fully saturated rings. The maximum absolute atomic E-state index is 13.1. The number of nitrogens with zero attached hydrogens (tertiary/aromatic N) is 1. The molecule has 0 spiro atoms. The molecule has 8 heteroatoms. The maximum Gasteiger partial charge on any atom is 0.323 e. The van der Waals surface area contributed by atoms with Crippen molar-refractivity contribution in [3.63, 3.8) is 0 Å². The molecule has 0 aliphatic carbocycles. The van der Waals surface area contributed by atoms with Gasteiger partial charge in [0.2, 0.25) is 10.0 Å². The van der Waals surface area contributed by atoms with Crippen LogP contribution in [0.5, 0.6) is 0 Å². The Bertz CT molecular complexity index is 958. The minimum Gasteiger partial charge on any atom is -0.480 e. The molecule has 1 atom stereocenters. The SMILES string of the molecule is CC1(C)SCCN(S(=O)(=O)c2ccc(-c3cccc(Br)c3)cc2)C1C(=O)O. The highest BCUT2D eigenvalue weighted by molar-refractivity contribution is 9.10. The predicted octanol–water partition coefficient (Wildman–Crippen LogP) is 4.09. The average molecular weight is 470 g/mol. The second kappa shape index (κ2) is 7.58. The van der Waals surface area contributed by atoms with Gasteiger partial charge in [0.05, 0.1) is 4.90 Å². The summed E-state index contributed by atoms with van der Waals surface area (Å²) in [6.45, 7) is 3.73. The Hall–Kier alpha value is -1.35.